The van der Waals surface area contributed by atoms with Gasteiger partial charge in [-0.15, -0.1) is 0 Å². The second-order valence-corrected chi connectivity index (χ2v) is 11.5. The van der Waals surface area contributed by atoms with E-state index in [0.717, 1.165) is 35.9 Å². The molecule has 0 spiro atoms. The fourth-order valence-corrected chi connectivity index (χ4v) is 7.28. The van der Waals surface area contributed by atoms with E-state index in [1.54, 1.807) is 5.57 Å². The van der Waals surface area contributed by atoms with Gasteiger partial charge in [0.15, 0.2) is 0 Å². The number of nitrogens with one attached hydrogen (secondary N) is 1. The minimum atomic E-state index is -0.290. The summed E-state index contributed by atoms with van der Waals surface area (Å²) in [7, 11) is 0. The number of benzene rings is 1. The van der Waals surface area contributed by atoms with E-state index in [9.17, 15) is 4.79 Å². The quantitative estimate of drug-likeness (QED) is 0.518. The van der Waals surface area contributed by atoms with Crippen molar-refractivity contribution in [3.8, 4) is 0 Å². The van der Waals surface area contributed by atoms with Crippen LogP contribution in [0, 0.1) is 48.3 Å². The molecule has 0 bridgehead atoms. The lowest BCUT2D eigenvalue weighted by Crippen LogP contribution is -2.54. The standard InChI is InChI=1S/C28H41NO/c1-18(2)21-9-11-23-22(17-21)10-13-25-27(23,5)14-7-15-28(25,6)26(30)29-24-12-8-19(3)16-20(24)4/h8,10,12,16,18,21,23,25H,7,9,11,13-15,17H2,1-6H3,(H,29,30)/t21?,23-,25?,27+,28+/m0/s1. The third kappa shape index (κ3) is 3.55. The summed E-state index contributed by atoms with van der Waals surface area (Å²) in [5, 5.41) is 3.33. The normalized spacial score (nSPS) is 36.0. The molecule has 2 unspecified atom stereocenters. The molecular formula is C28H41NO. The Morgan fingerprint density at radius 3 is 2.60 bits per heavy atom. The minimum absolute atomic E-state index is 0.234. The molecule has 0 aromatic heterocycles. The molecule has 2 nitrogen and oxygen atoms in total. The summed E-state index contributed by atoms with van der Waals surface area (Å²) in [6.45, 7) is 13.7. The Morgan fingerprint density at radius 2 is 1.90 bits per heavy atom. The smallest absolute Gasteiger partial charge is 0.230 e. The molecule has 2 heteroatoms. The van der Waals surface area contributed by atoms with Gasteiger partial charge in [-0.25, -0.2) is 0 Å². The van der Waals surface area contributed by atoms with E-state index in [2.05, 4.69) is 71.1 Å². The highest BCUT2D eigenvalue weighted by atomic mass is 16.2. The molecule has 3 aliphatic carbocycles. The van der Waals surface area contributed by atoms with Crippen LogP contribution in [0.2, 0.25) is 0 Å². The van der Waals surface area contributed by atoms with Crippen molar-refractivity contribution in [1.82, 2.24) is 0 Å². The molecule has 1 aromatic rings. The van der Waals surface area contributed by atoms with Crippen molar-refractivity contribution in [2.24, 2.45) is 34.5 Å². The van der Waals surface area contributed by atoms with Crippen LogP contribution in [-0.2, 0) is 4.79 Å². The van der Waals surface area contributed by atoms with Crippen molar-refractivity contribution >= 4 is 11.6 Å². The summed E-state index contributed by atoms with van der Waals surface area (Å²) in [5.74, 6) is 2.97. The van der Waals surface area contributed by atoms with Crippen LogP contribution in [0.3, 0.4) is 0 Å². The topological polar surface area (TPSA) is 29.1 Å². The van der Waals surface area contributed by atoms with Crippen LogP contribution in [0.25, 0.3) is 0 Å². The van der Waals surface area contributed by atoms with Gasteiger partial charge in [-0.3, -0.25) is 4.79 Å². The van der Waals surface area contributed by atoms with Gasteiger partial charge in [0.2, 0.25) is 5.91 Å². The Hall–Kier alpha value is -1.57. The molecule has 5 atom stereocenters. The number of fused-ring (bicyclic) bond motifs is 3. The lowest BCUT2D eigenvalue weighted by Gasteiger charge is -2.58. The van der Waals surface area contributed by atoms with E-state index >= 15 is 0 Å². The molecule has 2 saturated carbocycles. The van der Waals surface area contributed by atoms with Crippen LogP contribution in [0.15, 0.2) is 29.8 Å². The second-order valence-electron chi connectivity index (χ2n) is 11.5. The van der Waals surface area contributed by atoms with Crippen LogP contribution in [-0.4, -0.2) is 5.91 Å². The fraction of sp³-hybridized carbons (Fsp3) is 0.679. The van der Waals surface area contributed by atoms with Gasteiger partial charge in [-0.1, -0.05) is 63.5 Å². The van der Waals surface area contributed by atoms with Gasteiger partial charge in [0.1, 0.15) is 0 Å². The number of carbonyl (C=O) groups is 1. The molecule has 0 saturated heterocycles. The zero-order chi connectivity index (χ0) is 21.7. The average Bonchev–Trinajstić information content (AvgIpc) is 2.69. The first-order valence-electron chi connectivity index (χ1n) is 12.2. The molecule has 2 fully saturated rings. The van der Waals surface area contributed by atoms with E-state index < -0.39 is 0 Å². The monoisotopic (exact) mass is 407 g/mol. The van der Waals surface area contributed by atoms with Crippen LogP contribution in [0.5, 0.6) is 0 Å². The van der Waals surface area contributed by atoms with Crippen molar-refractivity contribution in [2.75, 3.05) is 5.32 Å². The van der Waals surface area contributed by atoms with Crippen molar-refractivity contribution in [3.63, 3.8) is 0 Å². The molecule has 1 aromatic carbocycles. The van der Waals surface area contributed by atoms with Gasteiger partial charge >= 0.3 is 0 Å². The first-order valence-corrected chi connectivity index (χ1v) is 12.2. The van der Waals surface area contributed by atoms with Crippen LogP contribution in [0.4, 0.5) is 5.69 Å². The number of anilines is 1. The van der Waals surface area contributed by atoms with Crippen LogP contribution in [0.1, 0.15) is 83.8 Å². The third-order valence-corrected chi connectivity index (χ3v) is 9.25. The van der Waals surface area contributed by atoms with Crippen LogP contribution < -0.4 is 5.32 Å². The summed E-state index contributed by atoms with van der Waals surface area (Å²) in [6.07, 6.45) is 11.0. The van der Waals surface area contributed by atoms with Crippen molar-refractivity contribution in [1.29, 1.82) is 0 Å². The largest absolute Gasteiger partial charge is 0.325 e. The summed E-state index contributed by atoms with van der Waals surface area (Å²) in [6, 6.07) is 6.32. The molecule has 0 aliphatic heterocycles. The van der Waals surface area contributed by atoms with Crippen LogP contribution >= 0.6 is 0 Å². The first kappa shape index (κ1) is 21.7. The number of aryl methyl sites for hydroxylation is 2. The maximum absolute atomic E-state index is 13.7. The highest BCUT2D eigenvalue weighted by Gasteiger charge is 2.57. The van der Waals surface area contributed by atoms with Gasteiger partial charge in [0.25, 0.3) is 0 Å². The van der Waals surface area contributed by atoms with E-state index in [4.69, 9.17) is 0 Å². The minimum Gasteiger partial charge on any atom is -0.325 e. The predicted molar refractivity (Wildman–Crippen MR) is 126 cm³/mol. The lowest BCUT2D eigenvalue weighted by molar-refractivity contribution is -0.139. The number of hydrogen-bond donors (Lipinski definition) is 1. The van der Waals surface area contributed by atoms with E-state index in [1.807, 2.05) is 0 Å². The summed E-state index contributed by atoms with van der Waals surface area (Å²) in [5.41, 5.74) is 5.06. The maximum Gasteiger partial charge on any atom is 0.230 e. The van der Waals surface area contributed by atoms with Gasteiger partial charge in [-0.2, -0.15) is 0 Å². The molecular weight excluding hydrogens is 366 g/mol. The Bertz CT molecular complexity index is 852. The zero-order valence-electron chi connectivity index (χ0n) is 20.0. The number of allylic oxidation sites excluding steroid dienone is 2. The van der Waals surface area contributed by atoms with Crippen molar-refractivity contribution in [3.05, 3.63) is 41.0 Å². The SMILES string of the molecule is Cc1ccc(NC(=O)[C@]2(C)CCC[C@@]3(C)C2CC=C2CC(C(C)C)CC[C@@H]23)c(C)c1. The predicted octanol–water partition coefficient (Wildman–Crippen LogP) is 7.46. The lowest BCUT2D eigenvalue weighted by atomic mass is 9.46. The van der Waals surface area contributed by atoms with Gasteiger partial charge in [0.05, 0.1) is 5.41 Å². The van der Waals surface area contributed by atoms with Gasteiger partial charge in [-0.05, 0) is 93.1 Å². The maximum atomic E-state index is 13.7. The fourth-order valence-electron chi connectivity index (χ4n) is 7.28. The Balaban J connectivity index is 1.60. The molecule has 4 rings (SSSR count). The third-order valence-electron chi connectivity index (χ3n) is 9.25. The Kier molecular flexibility index (Phi) is 5.66. The summed E-state index contributed by atoms with van der Waals surface area (Å²) in [4.78, 5) is 13.7. The highest BCUT2D eigenvalue weighted by Crippen LogP contribution is 2.63. The highest BCUT2D eigenvalue weighted by molar-refractivity contribution is 5.96. The average molecular weight is 408 g/mol. The molecule has 0 radical (unpaired) electrons. The molecule has 164 valence electrons. The Morgan fingerprint density at radius 1 is 1.13 bits per heavy atom. The zero-order valence-corrected chi connectivity index (χ0v) is 20.0. The summed E-state index contributed by atoms with van der Waals surface area (Å²) < 4.78 is 0. The first-order chi connectivity index (χ1) is 14.1. The van der Waals surface area contributed by atoms with Gasteiger partial charge in [0, 0.05) is 5.69 Å². The summed E-state index contributed by atoms with van der Waals surface area (Å²) >= 11 is 0. The molecule has 1 N–H and O–H groups in total. The number of carbonyl (C=O) groups excluding carboxylic acids is 1. The van der Waals surface area contributed by atoms with Gasteiger partial charge < -0.3 is 5.32 Å². The Labute approximate surface area is 183 Å². The molecule has 3 aliphatic rings. The van der Waals surface area contributed by atoms with E-state index in [0.29, 0.717) is 11.8 Å². The number of hydrogen-bond acceptors (Lipinski definition) is 1. The number of rotatable bonds is 3. The second kappa shape index (κ2) is 7.84. The molecule has 1 amide bonds. The van der Waals surface area contributed by atoms with E-state index in [1.165, 1.54) is 37.7 Å². The molecule has 30 heavy (non-hydrogen) atoms. The van der Waals surface area contributed by atoms with Crippen molar-refractivity contribution in [2.45, 2.75) is 86.5 Å². The number of amides is 1. The van der Waals surface area contributed by atoms with E-state index in [-0.39, 0.29) is 16.7 Å². The van der Waals surface area contributed by atoms with Crippen molar-refractivity contribution < 1.29 is 4.79 Å². The molecule has 0 heterocycles.